The van der Waals surface area contributed by atoms with E-state index in [2.05, 4.69) is 258 Å². The predicted molar refractivity (Wildman–Crippen MR) is 304 cm³/mol. The number of rotatable bonds is 9. The van der Waals surface area contributed by atoms with Crippen molar-refractivity contribution in [1.82, 2.24) is 9.13 Å². The van der Waals surface area contributed by atoms with Crippen LogP contribution in [-0.4, -0.2) is 15.3 Å². The topological polar surface area (TPSA) is 40.2 Å². The molecule has 0 unspecified atom stereocenters. The number of nitrogens with zero attached hydrogens (tertiary/aromatic N) is 4. The van der Waals surface area contributed by atoms with Crippen molar-refractivity contribution in [2.75, 3.05) is 9.80 Å². The van der Waals surface area contributed by atoms with Crippen molar-refractivity contribution in [3.8, 4) is 56.1 Å². The molecule has 2 aliphatic rings. The van der Waals surface area contributed by atoms with Gasteiger partial charge in [0.1, 0.15) is 0 Å². The molecule has 0 spiro atoms. The minimum atomic E-state index is 0.792. The Morgan fingerprint density at radius 1 is 0.521 bits per heavy atom. The minimum Gasteiger partial charge on any atom is -0.309 e. The van der Waals surface area contributed by atoms with Gasteiger partial charge in [-0.25, -0.2) is 0 Å². The Morgan fingerprint density at radius 2 is 0.972 bits per heavy atom. The Balaban J connectivity index is 0.00000270. The number of benzene rings is 8. The molecule has 71 heavy (non-hydrogen) atoms. The quantitative estimate of drug-likeness (QED) is 0.116. The number of hydrogen-bond acceptors (Lipinski definition) is 3. The van der Waals surface area contributed by atoms with Crippen LogP contribution in [0.3, 0.4) is 0 Å². The van der Waals surface area contributed by atoms with E-state index in [1.807, 2.05) is 19.9 Å². The molecular weight excluding hydrogens is 863 g/mol. The van der Waals surface area contributed by atoms with E-state index in [0.29, 0.717) is 0 Å². The maximum atomic E-state index is 8.87. The molecule has 0 atom stereocenters. The molecular formula is C66H55N5. The summed E-state index contributed by atoms with van der Waals surface area (Å²) in [6.07, 6.45) is 12.7. The van der Waals surface area contributed by atoms with Crippen LogP contribution in [0.25, 0.3) is 83.5 Å². The molecule has 0 aliphatic carbocycles. The van der Waals surface area contributed by atoms with Crippen molar-refractivity contribution in [2.24, 2.45) is 0 Å². The van der Waals surface area contributed by atoms with Crippen molar-refractivity contribution >= 4 is 62.0 Å². The SMILES string of the molecule is C=C/C=C(\C=C/C)N1c2ccccc2-c2c(n(-c3cc(/C(C=N)=C/CC)cc(-n4c5c(c6ccccc64)-c4ccccc4N(c4ccccc4)c4ccccc4-5)c3)c3ccccc23)-c2ccccc21.CC. The largest absolute Gasteiger partial charge is 0.309 e. The van der Waals surface area contributed by atoms with Crippen molar-refractivity contribution < 1.29 is 0 Å². The lowest BCUT2D eigenvalue weighted by Gasteiger charge is -2.28. The van der Waals surface area contributed by atoms with Crippen LogP contribution in [0.1, 0.15) is 39.7 Å². The molecule has 2 aromatic heterocycles. The Kier molecular flexibility index (Phi) is 11.8. The summed E-state index contributed by atoms with van der Waals surface area (Å²) in [5.74, 6) is 0. The van der Waals surface area contributed by atoms with Gasteiger partial charge in [-0.2, -0.15) is 0 Å². The van der Waals surface area contributed by atoms with Gasteiger partial charge in [0.05, 0.1) is 45.2 Å². The Morgan fingerprint density at radius 3 is 1.51 bits per heavy atom. The second-order valence-corrected chi connectivity index (χ2v) is 17.5. The number of allylic oxidation sites excluding steroid dienone is 6. The van der Waals surface area contributed by atoms with Crippen LogP contribution in [0.4, 0.5) is 28.4 Å². The van der Waals surface area contributed by atoms with Crippen LogP contribution in [0.5, 0.6) is 0 Å². The monoisotopic (exact) mass is 917 g/mol. The van der Waals surface area contributed by atoms with Crippen molar-refractivity contribution in [3.63, 3.8) is 0 Å². The van der Waals surface area contributed by atoms with Crippen LogP contribution in [0, 0.1) is 5.41 Å². The van der Waals surface area contributed by atoms with E-state index < -0.39 is 0 Å². The van der Waals surface area contributed by atoms with Crippen molar-refractivity contribution in [1.29, 1.82) is 5.41 Å². The molecule has 0 saturated heterocycles. The number of hydrogen-bond donors (Lipinski definition) is 1. The highest BCUT2D eigenvalue weighted by molar-refractivity contribution is 6.15. The van der Waals surface area contributed by atoms with E-state index in [-0.39, 0.29) is 0 Å². The first kappa shape index (κ1) is 44.6. The Labute approximate surface area is 417 Å². The molecule has 10 aromatic rings. The second-order valence-electron chi connectivity index (χ2n) is 17.5. The number of aromatic nitrogens is 2. The fourth-order valence-electron chi connectivity index (χ4n) is 11.0. The zero-order chi connectivity index (χ0) is 48.6. The van der Waals surface area contributed by atoms with Crippen molar-refractivity contribution in [3.05, 3.63) is 242 Å². The third kappa shape index (κ3) is 7.20. The Bertz CT molecular complexity index is 3780. The normalized spacial score (nSPS) is 12.7. The maximum absolute atomic E-state index is 8.87. The van der Waals surface area contributed by atoms with Crippen LogP contribution in [0.15, 0.2) is 237 Å². The summed E-state index contributed by atoms with van der Waals surface area (Å²) in [5.41, 5.74) is 21.7. The zero-order valence-corrected chi connectivity index (χ0v) is 40.6. The van der Waals surface area contributed by atoms with Gasteiger partial charge in [-0.15, -0.1) is 0 Å². The van der Waals surface area contributed by atoms with Crippen LogP contribution in [0.2, 0.25) is 0 Å². The lowest BCUT2D eigenvalue weighted by Crippen LogP contribution is -2.16. The van der Waals surface area contributed by atoms with Crippen molar-refractivity contribution in [2.45, 2.75) is 34.1 Å². The molecule has 0 radical (unpaired) electrons. The number of para-hydroxylation sites is 7. The summed E-state index contributed by atoms with van der Waals surface area (Å²) in [6, 6.07) is 70.5. The highest BCUT2D eigenvalue weighted by Crippen LogP contribution is 2.56. The Hall–Kier alpha value is -8.93. The smallest absolute Gasteiger partial charge is 0.0641 e. The third-order valence-corrected chi connectivity index (χ3v) is 13.6. The molecule has 12 rings (SSSR count). The van der Waals surface area contributed by atoms with Gasteiger partial charge < -0.3 is 24.3 Å². The average Bonchev–Trinajstić information content (AvgIpc) is 3.87. The second kappa shape index (κ2) is 18.9. The summed E-state index contributed by atoms with van der Waals surface area (Å²) in [4.78, 5) is 4.79. The van der Waals surface area contributed by atoms with Gasteiger partial charge in [-0.3, -0.25) is 0 Å². The highest BCUT2D eigenvalue weighted by atomic mass is 15.2. The summed E-state index contributed by atoms with van der Waals surface area (Å²) in [6.45, 7) is 12.3. The van der Waals surface area contributed by atoms with Gasteiger partial charge in [0.25, 0.3) is 0 Å². The number of fused-ring (bicyclic) bond motifs is 14. The summed E-state index contributed by atoms with van der Waals surface area (Å²) >= 11 is 0. The minimum absolute atomic E-state index is 0.792. The van der Waals surface area contributed by atoms with Crippen LogP contribution < -0.4 is 9.80 Å². The molecule has 0 amide bonds. The van der Waals surface area contributed by atoms with E-state index in [1.165, 1.54) is 22.7 Å². The molecule has 1 N–H and O–H groups in total. The predicted octanol–water partition coefficient (Wildman–Crippen LogP) is 18.6. The fourth-order valence-corrected chi connectivity index (χ4v) is 11.0. The van der Waals surface area contributed by atoms with Gasteiger partial charge in [0, 0.05) is 73.1 Å². The van der Waals surface area contributed by atoms with Crippen LogP contribution >= 0.6 is 0 Å². The summed E-state index contributed by atoms with van der Waals surface area (Å²) < 4.78 is 4.95. The molecule has 344 valence electrons. The summed E-state index contributed by atoms with van der Waals surface area (Å²) in [7, 11) is 0. The molecule has 2 aliphatic heterocycles. The molecule has 0 bridgehead atoms. The number of anilines is 5. The van der Waals surface area contributed by atoms with E-state index in [1.54, 1.807) is 0 Å². The standard InChI is InChI=1S/C64H49N5.C2H6/c1-4-22-43(42-65)44-39-47(68-57-35-18-12-29-51(57)61-49-27-10-16-33-55(49)66(45(23-5-2)24-6-3)59-37-20-14-31-53(59)63(61)68)41-48(40-44)69-58-36-19-13-30-52(58)62-50-28-11-17-34-56(50)67(46-25-8-7-9-26-46)60-38-21-15-32-54(60)64(62)69;1-2/h5-42,65H,2,4H2,1,3H3;1-2H3/b24-6-,43-22+,45-23+,65-42?;. The van der Waals surface area contributed by atoms with E-state index in [0.717, 1.165) is 113 Å². The lowest BCUT2D eigenvalue weighted by atomic mass is 9.98. The van der Waals surface area contributed by atoms with E-state index in [9.17, 15) is 0 Å². The first-order valence-corrected chi connectivity index (χ1v) is 24.8. The molecule has 0 saturated carbocycles. The third-order valence-electron chi connectivity index (χ3n) is 13.6. The van der Waals surface area contributed by atoms with Gasteiger partial charge in [0.15, 0.2) is 0 Å². The first-order chi connectivity index (χ1) is 35.1. The fraction of sp³-hybridized carbons (Fsp3) is 0.0758. The maximum Gasteiger partial charge on any atom is 0.0641 e. The number of nitrogens with one attached hydrogen (secondary N) is 1. The van der Waals surface area contributed by atoms with Gasteiger partial charge in [-0.05, 0) is 103 Å². The first-order valence-electron chi connectivity index (χ1n) is 24.8. The average molecular weight is 918 g/mol. The van der Waals surface area contributed by atoms with Gasteiger partial charge in [-0.1, -0.05) is 173 Å². The molecule has 4 heterocycles. The lowest BCUT2D eigenvalue weighted by molar-refractivity contribution is 1.09. The van der Waals surface area contributed by atoms with Gasteiger partial charge >= 0.3 is 0 Å². The highest BCUT2D eigenvalue weighted by Gasteiger charge is 2.34. The van der Waals surface area contributed by atoms with Crippen LogP contribution in [-0.2, 0) is 0 Å². The van der Waals surface area contributed by atoms with Gasteiger partial charge in [0.2, 0.25) is 0 Å². The zero-order valence-electron chi connectivity index (χ0n) is 40.6. The van der Waals surface area contributed by atoms with E-state index in [4.69, 9.17) is 5.41 Å². The van der Waals surface area contributed by atoms with E-state index >= 15 is 0 Å². The molecule has 0 fully saturated rings. The molecule has 5 nitrogen and oxygen atoms in total. The summed E-state index contributed by atoms with van der Waals surface area (Å²) in [5, 5.41) is 11.2. The molecule has 8 aromatic carbocycles. The molecule has 5 heteroatoms.